The summed E-state index contributed by atoms with van der Waals surface area (Å²) < 4.78 is 19.7. The molecule has 1 N–H and O–H groups in total. The van der Waals surface area contributed by atoms with Crippen molar-refractivity contribution in [3.8, 4) is 11.5 Å². The Morgan fingerprint density at radius 2 is 1.91 bits per heavy atom. The van der Waals surface area contributed by atoms with Crippen LogP contribution in [0.15, 0.2) is 24.4 Å². The van der Waals surface area contributed by atoms with Crippen LogP contribution in [0.3, 0.4) is 0 Å². The Labute approximate surface area is 135 Å². The van der Waals surface area contributed by atoms with E-state index in [2.05, 4.69) is 4.98 Å². The molecule has 0 bridgehead atoms. The van der Waals surface area contributed by atoms with E-state index in [9.17, 15) is 9.18 Å². The lowest BCUT2D eigenvalue weighted by Gasteiger charge is -2.12. The average molecular weight is 342 g/mol. The normalized spacial score (nSPS) is 14.0. The number of rotatable bonds is 4. The van der Waals surface area contributed by atoms with Crippen molar-refractivity contribution < 1.29 is 19.0 Å². The Hall–Kier alpha value is -1.85. The first-order valence-corrected chi connectivity index (χ1v) is 7.27. The molecule has 22 heavy (non-hydrogen) atoms. The molecule has 114 valence electrons. The molecule has 1 aromatic heterocycles. The zero-order valence-corrected chi connectivity index (χ0v) is 12.7. The number of aromatic nitrogens is 1. The molecule has 3 rings (SSSR count). The summed E-state index contributed by atoms with van der Waals surface area (Å²) in [5, 5.41) is 9.40. The molecule has 1 heterocycles. The number of halogens is 3. The van der Waals surface area contributed by atoms with Gasteiger partial charge in [-0.1, -0.05) is 23.2 Å². The van der Waals surface area contributed by atoms with Crippen LogP contribution in [-0.4, -0.2) is 16.1 Å². The van der Waals surface area contributed by atoms with Crippen LogP contribution in [0, 0.1) is 5.82 Å². The molecule has 0 atom stereocenters. The number of carboxylic acids is 1. The van der Waals surface area contributed by atoms with Crippen molar-refractivity contribution in [3.63, 3.8) is 0 Å². The standard InChI is InChI=1S/C15H10Cl2FNO3/c16-8-3-10(15(20)21)13(18)11(4-8)22-12-5-9(17)6-19-14(12)7-1-2-7/h3-7H,1-2H2,(H,20,21). The second-order valence-electron chi connectivity index (χ2n) is 4.98. The summed E-state index contributed by atoms with van der Waals surface area (Å²) in [5.41, 5.74) is 0.131. The number of carbonyl (C=O) groups is 1. The van der Waals surface area contributed by atoms with Gasteiger partial charge in [0, 0.05) is 29.3 Å². The predicted molar refractivity (Wildman–Crippen MR) is 79.7 cm³/mol. The lowest BCUT2D eigenvalue weighted by molar-refractivity contribution is 0.0691. The second-order valence-corrected chi connectivity index (χ2v) is 5.86. The van der Waals surface area contributed by atoms with Crippen molar-refractivity contribution in [2.24, 2.45) is 0 Å². The van der Waals surface area contributed by atoms with E-state index in [0.29, 0.717) is 16.5 Å². The van der Waals surface area contributed by atoms with E-state index in [1.807, 2.05) is 0 Å². The minimum absolute atomic E-state index is 0.0664. The third-order valence-electron chi connectivity index (χ3n) is 3.27. The largest absolute Gasteiger partial charge is 0.478 e. The van der Waals surface area contributed by atoms with Gasteiger partial charge in [-0.2, -0.15) is 0 Å². The van der Waals surface area contributed by atoms with E-state index in [4.69, 9.17) is 33.0 Å². The number of hydrogen-bond acceptors (Lipinski definition) is 3. The number of aromatic carboxylic acids is 1. The molecule has 0 saturated heterocycles. The maximum atomic E-state index is 14.2. The molecule has 0 amide bonds. The van der Waals surface area contributed by atoms with Crippen LogP contribution in [0.5, 0.6) is 11.5 Å². The molecule has 1 saturated carbocycles. The zero-order chi connectivity index (χ0) is 15.9. The van der Waals surface area contributed by atoms with Crippen LogP contribution in [0.1, 0.15) is 34.8 Å². The van der Waals surface area contributed by atoms with Gasteiger partial charge in [0.1, 0.15) is 5.56 Å². The van der Waals surface area contributed by atoms with E-state index in [0.717, 1.165) is 18.9 Å². The fraction of sp³-hybridized carbons (Fsp3) is 0.200. The van der Waals surface area contributed by atoms with Gasteiger partial charge in [0.2, 0.25) is 0 Å². The van der Waals surface area contributed by atoms with Crippen molar-refractivity contribution in [1.82, 2.24) is 4.98 Å². The molecule has 0 unspecified atom stereocenters. The number of ether oxygens (including phenoxy) is 1. The Bertz CT molecular complexity index is 763. The predicted octanol–water partition coefficient (Wildman–Crippen LogP) is 4.90. The molecular formula is C15H10Cl2FNO3. The van der Waals surface area contributed by atoms with Crippen LogP contribution < -0.4 is 4.74 Å². The van der Waals surface area contributed by atoms with E-state index in [1.54, 1.807) is 0 Å². The van der Waals surface area contributed by atoms with Gasteiger partial charge < -0.3 is 9.84 Å². The summed E-state index contributed by atoms with van der Waals surface area (Å²) in [6, 6.07) is 3.79. The quantitative estimate of drug-likeness (QED) is 0.859. The maximum absolute atomic E-state index is 14.2. The van der Waals surface area contributed by atoms with Gasteiger partial charge >= 0.3 is 5.97 Å². The SMILES string of the molecule is O=C(O)c1cc(Cl)cc(Oc2cc(Cl)cnc2C2CC2)c1F. The van der Waals surface area contributed by atoms with Gasteiger partial charge in [0.25, 0.3) is 0 Å². The van der Waals surface area contributed by atoms with Crippen molar-refractivity contribution in [2.75, 3.05) is 0 Å². The summed E-state index contributed by atoms with van der Waals surface area (Å²) in [6.45, 7) is 0. The summed E-state index contributed by atoms with van der Waals surface area (Å²) in [7, 11) is 0. The lowest BCUT2D eigenvalue weighted by atomic mass is 10.2. The van der Waals surface area contributed by atoms with Gasteiger partial charge in [-0.3, -0.25) is 4.98 Å². The van der Waals surface area contributed by atoms with Gasteiger partial charge in [-0.15, -0.1) is 0 Å². The topological polar surface area (TPSA) is 59.4 Å². The molecule has 4 nitrogen and oxygen atoms in total. The monoisotopic (exact) mass is 341 g/mol. The summed E-state index contributed by atoms with van der Waals surface area (Å²) >= 11 is 11.7. The van der Waals surface area contributed by atoms with Crippen molar-refractivity contribution in [1.29, 1.82) is 0 Å². The van der Waals surface area contributed by atoms with E-state index in [-0.39, 0.29) is 16.7 Å². The fourth-order valence-electron chi connectivity index (χ4n) is 2.09. The molecule has 1 aromatic carbocycles. The van der Waals surface area contributed by atoms with Crippen molar-refractivity contribution in [3.05, 3.63) is 51.5 Å². The van der Waals surface area contributed by atoms with E-state index < -0.39 is 17.3 Å². The first kappa shape index (κ1) is 15.1. The van der Waals surface area contributed by atoms with Gasteiger partial charge in [-0.25, -0.2) is 9.18 Å². The Kier molecular flexibility index (Phi) is 3.93. The molecule has 0 radical (unpaired) electrons. The Morgan fingerprint density at radius 3 is 2.55 bits per heavy atom. The van der Waals surface area contributed by atoms with Crippen LogP contribution in [0.4, 0.5) is 4.39 Å². The van der Waals surface area contributed by atoms with Crippen LogP contribution >= 0.6 is 23.2 Å². The number of benzene rings is 1. The van der Waals surface area contributed by atoms with Gasteiger partial charge in [-0.05, 0) is 18.9 Å². The number of hydrogen-bond donors (Lipinski definition) is 1. The lowest BCUT2D eigenvalue weighted by Crippen LogP contribution is -2.03. The first-order valence-electron chi connectivity index (χ1n) is 6.51. The zero-order valence-electron chi connectivity index (χ0n) is 11.1. The first-order chi connectivity index (χ1) is 10.5. The molecule has 7 heteroatoms. The maximum Gasteiger partial charge on any atom is 0.338 e. The summed E-state index contributed by atoms with van der Waals surface area (Å²) in [6.07, 6.45) is 3.45. The summed E-state index contributed by atoms with van der Waals surface area (Å²) in [4.78, 5) is 15.2. The number of pyridine rings is 1. The average Bonchev–Trinajstić information content (AvgIpc) is 3.27. The molecule has 0 aliphatic heterocycles. The highest BCUT2D eigenvalue weighted by atomic mass is 35.5. The summed E-state index contributed by atoms with van der Waals surface area (Å²) in [5.74, 6) is -2.10. The van der Waals surface area contributed by atoms with Crippen LogP contribution in [-0.2, 0) is 0 Å². The highest BCUT2D eigenvalue weighted by molar-refractivity contribution is 6.31. The highest BCUT2D eigenvalue weighted by Crippen LogP contribution is 2.45. The van der Waals surface area contributed by atoms with Crippen molar-refractivity contribution >= 4 is 29.2 Å². The van der Waals surface area contributed by atoms with Crippen LogP contribution in [0.2, 0.25) is 10.0 Å². The molecule has 2 aromatic rings. The number of nitrogens with zero attached hydrogens (tertiary/aromatic N) is 1. The van der Waals surface area contributed by atoms with E-state index >= 15 is 0 Å². The van der Waals surface area contributed by atoms with Crippen molar-refractivity contribution in [2.45, 2.75) is 18.8 Å². The highest BCUT2D eigenvalue weighted by Gasteiger charge is 2.29. The third kappa shape index (κ3) is 3.00. The number of carboxylic acid groups (broad SMARTS) is 1. The minimum atomic E-state index is -1.42. The molecule has 1 aliphatic carbocycles. The van der Waals surface area contributed by atoms with Crippen LogP contribution in [0.25, 0.3) is 0 Å². The molecular weight excluding hydrogens is 332 g/mol. The minimum Gasteiger partial charge on any atom is -0.478 e. The second kappa shape index (κ2) is 5.74. The smallest absolute Gasteiger partial charge is 0.338 e. The third-order valence-corrected chi connectivity index (χ3v) is 3.69. The van der Waals surface area contributed by atoms with Gasteiger partial charge in [0.05, 0.1) is 10.7 Å². The molecule has 1 aliphatic rings. The van der Waals surface area contributed by atoms with E-state index in [1.165, 1.54) is 18.3 Å². The Balaban J connectivity index is 2.03. The fourth-order valence-corrected chi connectivity index (χ4v) is 2.45. The molecule has 1 fully saturated rings. The van der Waals surface area contributed by atoms with Gasteiger partial charge in [0.15, 0.2) is 17.3 Å². The molecule has 0 spiro atoms. The Morgan fingerprint density at radius 1 is 1.23 bits per heavy atom.